The van der Waals surface area contributed by atoms with E-state index in [9.17, 15) is 20.0 Å². The topological polar surface area (TPSA) is 120 Å². The minimum absolute atomic E-state index is 0.0206. The molecule has 55 heavy (non-hydrogen) atoms. The third-order valence-electron chi connectivity index (χ3n) is 12.1. The fraction of sp³-hybridized carbons (Fsp3) is 0.500. The summed E-state index contributed by atoms with van der Waals surface area (Å²) in [6, 6.07) is 13.9. The molecule has 1 N–H and O–H groups in total. The largest absolute Gasteiger partial charge is 0.487 e. The SMILES string of the molecule is CC(C)=CCC/C(C)=C/CC/C(C)=C/CC[C@@H]1[C@@]2(C)C/C(=C\c3ccc(OCc4cn(-c5cccc([N+](=O)[O-])c5)nn4)cc3)C(=O)C(C)(C)[C@@H]2CC[C@@]1(C)O. The van der Waals surface area contributed by atoms with E-state index >= 15 is 0 Å². The van der Waals surface area contributed by atoms with Gasteiger partial charge in [-0.1, -0.05) is 79.1 Å². The Balaban J connectivity index is 1.24. The molecule has 2 aliphatic carbocycles. The molecule has 2 fully saturated rings. The van der Waals surface area contributed by atoms with Gasteiger partial charge in [0.2, 0.25) is 0 Å². The number of rotatable bonds is 15. The van der Waals surface area contributed by atoms with Gasteiger partial charge in [0.25, 0.3) is 5.69 Å². The van der Waals surface area contributed by atoms with Gasteiger partial charge in [0.1, 0.15) is 18.1 Å². The van der Waals surface area contributed by atoms with Crippen LogP contribution in [0.5, 0.6) is 5.75 Å². The number of nitrogens with zero attached hydrogens (tertiary/aromatic N) is 4. The van der Waals surface area contributed by atoms with Crippen LogP contribution in [0.4, 0.5) is 5.69 Å². The van der Waals surface area contributed by atoms with E-state index in [4.69, 9.17) is 4.74 Å². The molecule has 3 aromatic rings. The first kappa shape index (κ1) is 41.5. The van der Waals surface area contributed by atoms with Gasteiger partial charge in [-0.05, 0) is 145 Å². The minimum Gasteiger partial charge on any atom is -0.487 e. The van der Waals surface area contributed by atoms with Crippen LogP contribution in [0.2, 0.25) is 0 Å². The number of allylic oxidation sites excluding steroid dienone is 7. The fourth-order valence-electron chi connectivity index (χ4n) is 9.24. The second-order valence-electron chi connectivity index (χ2n) is 17.2. The number of hydrogen-bond donors (Lipinski definition) is 1. The molecule has 4 atom stereocenters. The first-order valence-corrected chi connectivity index (χ1v) is 19.8. The van der Waals surface area contributed by atoms with Gasteiger partial charge in [-0.3, -0.25) is 14.9 Å². The summed E-state index contributed by atoms with van der Waals surface area (Å²) in [6.45, 7) is 17.5. The molecule has 1 aromatic heterocycles. The van der Waals surface area contributed by atoms with Crippen LogP contribution in [0.25, 0.3) is 11.8 Å². The lowest BCUT2D eigenvalue weighted by molar-refractivity contribution is -0.384. The molecule has 5 rings (SSSR count). The Hall–Kier alpha value is -4.63. The molecule has 0 bridgehead atoms. The van der Waals surface area contributed by atoms with E-state index in [0.29, 0.717) is 30.0 Å². The molecule has 9 heteroatoms. The van der Waals surface area contributed by atoms with Gasteiger partial charge in [0.05, 0.1) is 22.4 Å². The van der Waals surface area contributed by atoms with Gasteiger partial charge >= 0.3 is 0 Å². The number of aliphatic hydroxyl groups is 1. The molecule has 0 spiro atoms. The fourth-order valence-corrected chi connectivity index (χ4v) is 9.24. The number of Topliss-reactive ketones (excluding diaryl/α,β-unsaturated/α-hetero) is 1. The van der Waals surface area contributed by atoms with Crippen molar-refractivity contribution in [2.75, 3.05) is 0 Å². The highest BCUT2D eigenvalue weighted by Gasteiger charge is 2.61. The molecule has 0 aliphatic heterocycles. The van der Waals surface area contributed by atoms with Crippen molar-refractivity contribution in [2.24, 2.45) is 22.7 Å². The van der Waals surface area contributed by atoms with Gasteiger partial charge in [-0.25, -0.2) is 4.68 Å². The summed E-state index contributed by atoms with van der Waals surface area (Å²) in [6.07, 6.45) is 19.1. The highest BCUT2D eigenvalue weighted by atomic mass is 16.6. The van der Waals surface area contributed by atoms with Gasteiger partial charge in [0, 0.05) is 17.5 Å². The van der Waals surface area contributed by atoms with Crippen molar-refractivity contribution in [3.05, 3.63) is 117 Å². The number of aromatic nitrogens is 3. The van der Waals surface area contributed by atoms with Gasteiger partial charge in [0.15, 0.2) is 5.78 Å². The number of ketones is 1. The number of ether oxygens (including phenoxy) is 1. The molecule has 2 aliphatic rings. The van der Waals surface area contributed by atoms with E-state index < -0.39 is 15.9 Å². The monoisotopic (exact) mass is 748 g/mol. The van der Waals surface area contributed by atoms with Crippen molar-refractivity contribution in [3.63, 3.8) is 0 Å². The first-order chi connectivity index (χ1) is 26.0. The van der Waals surface area contributed by atoms with E-state index in [1.54, 1.807) is 18.3 Å². The summed E-state index contributed by atoms with van der Waals surface area (Å²) in [5.74, 6) is 1.08. The second kappa shape index (κ2) is 17.4. The molecule has 0 saturated heterocycles. The van der Waals surface area contributed by atoms with E-state index in [-0.39, 0.29) is 35.3 Å². The van der Waals surface area contributed by atoms with Crippen molar-refractivity contribution in [1.29, 1.82) is 0 Å². The number of carbonyl (C=O) groups excluding carboxylic acids is 1. The molecule has 0 amide bonds. The Kier molecular flexibility index (Phi) is 13.2. The Bertz CT molecular complexity index is 1960. The molecule has 0 radical (unpaired) electrons. The number of non-ortho nitro benzene ring substituents is 1. The van der Waals surface area contributed by atoms with Crippen LogP contribution in [0.3, 0.4) is 0 Å². The van der Waals surface area contributed by atoms with Crippen LogP contribution >= 0.6 is 0 Å². The summed E-state index contributed by atoms with van der Waals surface area (Å²) < 4.78 is 7.47. The summed E-state index contributed by atoms with van der Waals surface area (Å²) >= 11 is 0. The molecule has 2 saturated carbocycles. The Morgan fingerprint density at radius 3 is 2.33 bits per heavy atom. The maximum absolute atomic E-state index is 14.1. The average molecular weight is 749 g/mol. The lowest BCUT2D eigenvalue weighted by Crippen LogP contribution is -2.60. The van der Waals surface area contributed by atoms with E-state index in [2.05, 4.69) is 77.0 Å². The van der Waals surface area contributed by atoms with Crippen LogP contribution < -0.4 is 4.74 Å². The van der Waals surface area contributed by atoms with E-state index in [0.717, 1.165) is 56.1 Å². The predicted octanol–water partition coefficient (Wildman–Crippen LogP) is 11.1. The normalized spacial score (nSPS) is 24.7. The first-order valence-electron chi connectivity index (χ1n) is 19.8. The number of nitro benzene ring substituents is 1. The van der Waals surface area contributed by atoms with Gasteiger partial charge in [-0.15, -0.1) is 5.10 Å². The zero-order valence-electron chi connectivity index (χ0n) is 34.1. The maximum Gasteiger partial charge on any atom is 0.271 e. The van der Waals surface area contributed by atoms with Crippen LogP contribution in [-0.4, -0.2) is 36.4 Å². The second-order valence-corrected chi connectivity index (χ2v) is 17.2. The van der Waals surface area contributed by atoms with Crippen molar-refractivity contribution >= 4 is 17.5 Å². The summed E-state index contributed by atoms with van der Waals surface area (Å²) in [4.78, 5) is 24.8. The van der Waals surface area contributed by atoms with E-state index in [1.165, 1.54) is 33.5 Å². The average Bonchev–Trinajstić information content (AvgIpc) is 3.60. The van der Waals surface area contributed by atoms with Gasteiger partial charge in [-0.2, -0.15) is 0 Å². The quantitative estimate of drug-likeness (QED) is 0.0711. The zero-order valence-corrected chi connectivity index (χ0v) is 34.1. The highest BCUT2D eigenvalue weighted by molar-refractivity contribution is 6.04. The number of benzene rings is 2. The number of carbonyl (C=O) groups is 1. The standard InChI is InChI=1S/C46H60N4O5/c1-32(2)13-9-14-33(3)15-10-16-34(4)17-11-20-42-45(7)29-36(43(51)44(5,6)41(45)25-26-46(42,8)52)27-35-21-23-40(24-22-35)55-31-37-30-49(48-47-37)38-18-12-19-39(28-38)50(53)54/h12-13,15,17-19,21-24,27-28,30,41-42,52H,9-11,14,16,20,25-26,29,31H2,1-8H3/b33-15+,34-17+,36-27+/t41-,42+,45-,46+/m0/s1. The van der Waals surface area contributed by atoms with Crippen molar-refractivity contribution in [3.8, 4) is 11.4 Å². The number of nitro groups is 1. The lowest BCUT2D eigenvalue weighted by atomic mass is 9.44. The summed E-state index contributed by atoms with van der Waals surface area (Å²) in [5.41, 5.74) is 5.47. The molecular formula is C46H60N4O5. The molecular weight excluding hydrogens is 689 g/mol. The van der Waals surface area contributed by atoms with Crippen molar-refractivity contribution in [2.45, 2.75) is 125 Å². The van der Waals surface area contributed by atoms with Crippen LogP contribution in [-0.2, 0) is 11.4 Å². The number of hydrogen-bond acceptors (Lipinski definition) is 7. The molecule has 1 heterocycles. The lowest BCUT2D eigenvalue weighted by Gasteiger charge is -2.61. The van der Waals surface area contributed by atoms with Crippen LogP contribution in [0, 0.1) is 32.8 Å². The van der Waals surface area contributed by atoms with E-state index in [1.807, 2.05) is 37.3 Å². The third kappa shape index (κ3) is 10.2. The molecule has 294 valence electrons. The van der Waals surface area contributed by atoms with Crippen LogP contribution in [0.15, 0.2) is 95.2 Å². The molecule has 0 unspecified atom stereocenters. The van der Waals surface area contributed by atoms with Gasteiger partial charge < -0.3 is 9.84 Å². The van der Waals surface area contributed by atoms with Crippen molar-refractivity contribution in [1.82, 2.24) is 15.0 Å². The maximum atomic E-state index is 14.1. The molecule has 2 aromatic carbocycles. The Labute approximate surface area is 327 Å². The predicted molar refractivity (Wildman–Crippen MR) is 220 cm³/mol. The van der Waals surface area contributed by atoms with Crippen LogP contribution in [0.1, 0.15) is 124 Å². The van der Waals surface area contributed by atoms with Crippen molar-refractivity contribution < 1.29 is 19.6 Å². The third-order valence-corrected chi connectivity index (χ3v) is 12.1. The summed E-state index contributed by atoms with van der Waals surface area (Å²) in [7, 11) is 0. The zero-order chi connectivity index (χ0) is 40.0. The number of fused-ring (bicyclic) bond motifs is 1. The smallest absolute Gasteiger partial charge is 0.271 e. The Morgan fingerprint density at radius 2 is 1.65 bits per heavy atom. The minimum atomic E-state index is -0.802. The highest BCUT2D eigenvalue weighted by Crippen LogP contribution is 2.63. The Morgan fingerprint density at radius 1 is 0.982 bits per heavy atom. The summed E-state index contributed by atoms with van der Waals surface area (Å²) in [5, 5.41) is 31.3. The molecule has 9 nitrogen and oxygen atoms in total.